The van der Waals surface area contributed by atoms with E-state index in [9.17, 15) is 14.7 Å². The van der Waals surface area contributed by atoms with Crippen LogP contribution in [-0.4, -0.2) is 22.5 Å². The maximum absolute atomic E-state index is 11.9. The van der Waals surface area contributed by atoms with Gasteiger partial charge in [-0.3, -0.25) is 9.59 Å². The van der Waals surface area contributed by atoms with Gasteiger partial charge in [-0.05, 0) is 39.1 Å². The smallest absolute Gasteiger partial charge is 0.311 e. The normalized spacial score (nSPS) is 12.2. The van der Waals surface area contributed by atoms with Gasteiger partial charge in [-0.2, -0.15) is 0 Å². The molecule has 1 rings (SSSR count). The Hall–Kier alpha value is -1.36. The molecule has 4 nitrogen and oxygen atoms in total. The van der Waals surface area contributed by atoms with E-state index in [0.717, 1.165) is 0 Å². The number of thiophene rings is 1. The summed E-state index contributed by atoms with van der Waals surface area (Å²) in [7, 11) is 0. The quantitative estimate of drug-likeness (QED) is 0.868. The summed E-state index contributed by atoms with van der Waals surface area (Å²) in [6.07, 6.45) is 0. The molecule has 0 radical (unpaired) electrons. The van der Waals surface area contributed by atoms with Gasteiger partial charge in [-0.15, -0.1) is 11.3 Å². The molecule has 1 amide bonds. The third kappa shape index (κ3) is 2.66. The van der Waals surface area contributed by atoms with Crippen LogP contribution in [0.25, 0.3) is 0 Å². The van der Waals surface area contributed by atoms with Crippen LogP contribution in [0.15, 0.2) is 17.5 Å². The molecule has 1 aromatic rings. The number of carboxylic acids is 1. The van der Waals surface area contributed by atoms with Crippen molar-refractivity contribution < 1.29 is 14.7 Å². The van der Waals surface area contributed by atoms with E-state index in [4.69, 9.17) is 0 Å². The van der Waals surface area contributed by atoms with Crippen LogP contribution in [0.4, 0.5) is 0 Å². The fraction of sp³-hybridized carbons (Fsp3) is 0.500. The number of rotatable bonds is 4. The van der Waals surface area contributed by atoms with Crippen molar-refractivity contribution in [1.29, 1.82) is 0 Å². The topological polar surface area (TPSA) is 66.4 Å². The number of aliphatic carboxylic acids is 1. The highest BCUT2D eigenvalue weighted by atomic mass is 32.1. The second-order valence-corrected chi connectivity index (χ2v) is 5.93. The van der Waals surface area contributed by atoms with E-state index in [1.165, 1.54) is 11.3 Å². The Bertz CT molecular complexity index is 421. The minimum absolute atomic E-state index is 0.237. The van der Waals surface area contributed by atoms with E-state index < -0.39 is 16.9 Å². The molecular formula is C12H17NO3S. The maximum Gasteiger partial charge on any atom is 0.311 e. The average molecular weight is 255 g/mol. The van der Waals surface area contributed by atoms with E-state index in [-0.39, 0.29) is 5.91 Å². The Morgan fingerprint density at radius 3 is 2.29 bits per heavy atom. The Labute approximate surface area is 105 Å². The number of carboxylic acid groups (broad SMARTS) is 1. The van der Waals surface area contributed by atoms with Gasteiger partial charge >= 0.3 is 5.97 Å². The monoisotopic (exact) mass is 255 g/mol. The molecule has 2 N–H and O–H groups in total. The van der Waals surface area contributed by atoms with Crippen LogP contribution in [0.2, 0.25) is 0 Å². The first-order valence-electron chi connectivity index (χ1n) is 5.28. The van der Waals surface area contributed by atoms with Crippen LogP contribution in [0.3, 0.4) is 0 Å². The van der Waals surface area contributed by atoms with Crippen molar-refractivity contribution in [3.8, 4) is 0 Å². The molecule has 0 saturated carbocycles. The van der Waals surface area contributed by atoms with Gasteiger partial charge in [0.05, 0.1) is 15.8 Å². The minimum Gasteiger partial charge on any atom is -0.481 e. The standard InChI is InChI=1S/C12H17NO3S/c1-11(2,10(15)16)12(3,4)13-9(14)8-6-5-7-17-8/h5-7H,1-4H3,(H,13,14)(H,15,16). The largest absolute Gasteiger partial charge is 0.481 e. The van der Waals surface area contributed by atoms with Gasteiger partial charge in [0.25, 0.3) is 5.91 Å². The second-order valence-electron chi connectivity index (χ2n) is 4.99. The predicted molar refractivity (Wildman–Crippen MR) is 67.3 cm³/mol. The van der Waals surface area contributed by atoms with Gasteiger partial charge in [-0.25, -0.2) is 0 Å². The van der Waals surface area contributed by atoms with E-state index in [2.05, 4.69) is 5.32 Å². The first kappa shape index (κ1) is 13.7. The summed E-state index contributed by atoms with van der Waals surface area (Å²) in [5.41, 5.74) is -1.88. The lowest BCUT2D eigenvalue weighted by atomic mass is 9.74. The van der Waals surface area contributed by atoms with E-state index in [1.807, 2.05) is 5.38 Å². The van der Waals surface area contributed by atoms with E-state index in [1.54, 1.807) is 39.8 Å². The zero-order chi connectivity index (χ0) is 13.3. The first-order chi connectivity index (χ1) is 7.68. The summed E-state index contributed by atoms with van der Waals surface area (Å²) in [6.45, 7) is 6.63. The molecule has 0 bridgehead atoms. The summed E-state index contributed by atoms with van der Waals surface area (Å²) in [5.74, 6) is -1.17. The molecule has 1 aromatic heterocycles. The van der Waals surface area contributed by atoms with Gasteiger partial charge < -0.3 is 10.4 Å². The summed E-state index contributed by atoms with van der Waals surface area (Å²) < 4.78 is 0. The zero-order valence-electron chi connectivity index (χ0n) is 10.4. The number of nitrogens with one attached hydrogen (secondary N) is 1. The highest BCUT2D eigenvalue weighted by Crippen LogP contribution is 2.31. The molecule has 17 heavy (non-hydrogen) atoms. The van der Waals surface area contributed by atoms with Crippen LogP contribution in [0.5, 0.6) is 0 Å². The molecule has 0 aliphatic carbocycles. The minimum atomic E-state index is -1.04. The fourth-order valence-corrected chi connectivity index (χ4v) is 1.80. The van der Waals surface area contributed by atoms with E-state index in [0.29, 0.717) is 4.88 Å². The lowest BCUT2D eigenvalue weighted by Crippen LogP contribution is -2.56. The van der Waals surface area contributed by atoms with Gasteiger partial charge in [0, 0.05) is 0 Å². The summed E-state index contributed by atoms with van der Waals surface area (Å²) in [6, 6.07) is 3.50. The van der Waals surface area contributed by atoms with Crippen LogP contribution in [0, 0.1) is 5.41 Å². The molecule has 0 unspecified atom stereocenters. The number of carbonyl (C=O) groups is 2. The number of hydrogen-bond donors (Lipinski definition) is 2. The maximum atomic E-state index is 11.9. The van der Waals surface area contributed by atoms with Crippen LogP contribution in [-0.2, 0) is 4.79 Å². The zero-order valence-corrected chi connectivity index (χ0v) is 11.2. The Morgan fingerprint density at radius 1 is 1.29 bits per heavy atom. The summed E-state index contributed by atoms with van der Waals surface area (Å²) >= 11 is 1.33. The molecule has 94 valence electrons. The fourth-order valence-electron chi connectivity index (χ4n) is 1.18. The molecule has 5 heteroatoms. The molecule has 0 saturated heterocycles. The third-order valence-electron chi connectivity index (χ3n) is 3.27. The molecular weight excluding hydrogens is 238 g/mol. The highest BCUT2D eigenvalue weighted by molar-refractivity contribution is 7.12. The van der Waals surface area contributed by atoms with Crippen LogP contribution in [0.1, 0.15) is 37.4 Å². The van der Waals surface area contributed by atoms with Crippen molar-refractivity contribution >= 4 is 23.2 Å². The Morgan fingerprint density at radius 2 is 1.88 bits per heavy atom. The molecule has 0 aliphatic rings. The van der Waals surface area contributed by atoms with Crippen molar-refractivity contribution in [1.82, 2.24) is 5.32 Å². The molecule has 0 aromatic carbocycles. The molecule has 1 heterocycles. The van der Waals surface area contributed by atoms with Crippen molar-refractivity contribution in [2.75, 3.05) is 0 Å². The van der Waals surface area contributed by atoms with Crippen molar-refractivity contribution in [3.63, 3.8) is 0 Å². The van der Waals surface area contributed by atoms with Gasteiger partial charge in [-0.1, -0.05) is 6.07 Å². The van der Waals surface area contributed by atoms with Crippen LogP contribution >= 0.6 is 11.3 Å². The predicted octanol–water partition coefficient (Wildman–Crippen LogP) is 2.37. The number of carbonyl (C=O) groups excluding carboxylic acids is 1. The van der Waals surface area contributed by atoms with Crippen molar-refractivity contribution in [2.24, 2.45) is 5.41 Å². The number of hydrogen-bond acceptors (Lipinski definition) is 3. The summed E-state index contributed by atoms with van der Waals surface area (Å²) in [5, 5.41) is 13.8. The third-order valence-corrected chi connectivity index (χ3v) is 4.14. The number of amides is 1. The lowest BCUT2D eigenvalue weighted by molar-refractivity contribution is -0.150. The van der Waals surface area contributed by atoms with Crippen molar-refractivity contribution in [3.05, 3.63) is 22.4 Å². The molecule has 0 atom stereocenters. The lowest BCUT2D eigenvalue weighted by Gasteiger charge is -2.38. The van der Waals surface area contributed by atoms with E-state index >= 15 is 0 Å². The molecule has 0 spiro atoms. The summed E-state index contributed by atoms with van der Waals surface area (Å²) in [4.78, 5) is 23.7. The first-order valence-corrected chi connectivity index (χ1v) is 6.16. The van der Waals surface area contributed by atoms with Gasteiger partial charge in [0.15, 0.2) is 0 Å². The Kier molecular flexibility index (Phi) is 3.62. The highest BCUT2D eigenvalue weighted by Gasteiger charge is 2.44. The second kappa shape index (κ2) is 4.49. The van der Waals surface area contributed by atoms with Crippen molar-refractivity contribution in [2.45, 2.75) is 33.2 Å². The average Bonchev–Trinajstić information content (AvgIpc) is 2.68. The SMILES string of the molecule is CC(C)(NC(=O)c1cccs1)C(C)(C)C(=O)O. The molecule has 0 fully saturated rings. The van der Waals surface area contributed by atoms with Gasteiger partial charge in [0.1, 0.15) is 0 Å². The Balaban J connectivity index is 2.87. The van der Waals surface area contributed by atoms with Crippen LogP contribution < -0.4 is 5.32 Å². The molecule has 0 aliphatic heterocycles. The van der Waals surface area contributed by atoms with Gasteiger partial charge in [0.2, 0.25) is 0 Å².